The molecule has 3 N–H and O–H groups in total. The fourth-order valence-electron chi connectivity index (χ4n) is 2.96. The van der Waals surface area contributed by atoms with Crippen molar-refractivity contribution in [2.24, 2.45) is 5.41 Å². The largest absolute Gasteiger partial charge is 0.497 e. The van der Waals surface area contributed by atoms with E-state index in [-0.39, 0.29) is 5.91 Å². The first-order chi connectivity index (χ1) is 13.9. The molecule has 2 aromatic carbocycles. The van der Waals surface area contributed by atoms with Gasteiger partial charge in [0.15, 0.2) is 0 Å². The molecule has 3 rings (SSSR count). The van der Waals surface area contributed by atoms with Gasteiger partial charge in [0, 0.05) is 24.4 Å². The average Bonchev–Trinajstić information content (AvgIpc) is 3.50. The third-order valence-electron chi connectivity index (χ3n) is 4.71. The lowest BCUT2D eigenvalue weighted by atomic mass is 10.0. The number of rotatable bonds is 7. The number of anilines is 3. The van der Waals surface area contributed by atoms with Crippen LogP contribution in [0.3, 0.4) is 0 Å². The second-order valence-corrected chi connectivity index (χ2v) is 6.82. The maximum absolute atomic E-state index is 12.9. The van der Waals surface area contributed by atoms with Crippen LogP contribution in [0.25, 0.3) is 0 Å². The summed E-state index contributed by atoms with van der Waals surface area (Å²) in [7, 11) is 3.03. The molecule has 0 unspecified atom stereocenters. The van der Waals surface area contributed by atoms with Crippen LogP contribution in [0, 0.1) is 5.41 Å². The second-order valence-electron chi connectivity index (χ2n) is 6.82. The molecule has 0 radical (unpaired) electrons. The van der Waals surface area contributed by atoms with Gasteiger partial charge >= 0.3 is 0 Å². The van der Waals surface area contributed by atoms with Crippen molar-refractivity contribution in [2.45, 2.75) is 19.8 Å². The molecule has 8 nitrogen and oxygen atoms in total. The van der Waals surface area contributed by atoms with Crippen molar-refractivity contribution in [2.75, 3.05) is 30.2 Å². The highest BCUT2D eigenvalue weighted by Gasteiger charge is 2.56. The van der Waals surface area contributed by atoms with Crippen LogP contribution in [0.1, 0.15) is 19.8 Å². The Hall–Kier alpha value is -3.55. The lowest BCUT2D eigenvalue weighted by Crippen LogP contribution is -2.35. The number of nitrogens with one attached hydrogen (secondary N) is 3. The molecule has 152 valence electrons. The first kappa shape index (κ1) is 20.2. The first-order valence-corrected chi connectivity index (χ1v) is 9.10. The average molecular weight is 397 g/mol. The summed E-state index contributed by atoms with van der Waals surface area (Å²) >= 11 is 0. The molecular weight excluding hydrogens is 374 g/mol. The number of hydrogen-bond donors (Lipinski definition) is 3. The zero-order chi connectivity index (χ0) is 21.0. The Labute approximate surface area is 168 Å². The molecule has 0 bridgehead atoms. The summed E-state index contributed by atoms with van der Waals surface area (Å²) in [6.07, 6.45) is 0.894. The highest BCUT2D eigenvalue weighted by Crippen LogP contribution is 2.48. The molecule has 1 saturated carbocycles. The molecule has 1 aliphatic carbocycles. The van der Waals surface area contributed by atoms with Crippen LogP contribution in [0.2, 0.25) is 0 Å². The maximum Gasteiger partial charge on any atom is 0.240 e. The molecule has 3 amide bonds. The van der Waals surface area contributed by atoms with E-state index in [1.807, 2.05) is 0 Å². The standard InChI is InChI=1S/C21H23N3O5/c1-13(25)22-14-5-4-6-15(11-14)23-19(26)21(9-10-21)20(27)24-17-12-16(28-2)7-8-18(17)29-3/h4-8,11-12H,9-10H2,1-3H3,(H,22,25)(H,23,26)(H,24,27). The minimum absolute atomic E-state index is 0.209. The quantitative estimate of drug-likeness (QED) is 0.623. The molecule has 0 heterocycles. The molecule has 0 saturated heterocycles. The monoisotopic (exact) mass is 397 g/mol. The van der Waals surface area contributed by atoms with E-state index in [2.05, 4.69) is 16.0 Å². The fraction of sp³-hybridized carbons (Fsp3) is 0.286. The number of amides is 3. The van der Waals surface area contributed by atoms with Crippen LogP contribution in [-0.2, 0) is 14.4 Å². The summed E-state index contributed by atoms with van der Waals surface area (Å²) in [5.74, 6) is 0.0266. The lowest BCUT2D eigenvalue weighted by Gasteiger charge is -2.17. The summed E-state index contributed by atoms with van der Waals surface area (Å²) in [6, 6.07) is 11.8. The van der Waals surface area contributed by atoms with Crippen LogP contribution in [0.5, 0.6) is 11.5 Å². The van der Waals surface area contributed by atoms with Gasteiger partial charge in [0.1, 0.15) is 16.9 Å². The van der Waals surface area contributed by atoms with Gasteiger partial charge in [0.2, 0.25) is 17.7 Å². The Bertz CT molecular complexity index is 953. The van der Waals surface area contributed by atoms with Gasteiger partial charge in [-0.05, 0) is 43.2 Å². The summed E-state index contributed by atoms with van der Waals surface area (Å²) < 4.78 is 10.5. The summed E-state index contributed by atoms with van der Waals surface area (Å²) in [6.45, 7) is 1.40. The van der Waals surface area contributed by atoms with Crippen molar-refractivity contribution in [3.63, 3.8) is 0 Å². The van der Waals surface area contributed by atoms with Crippen molar-refractivity contribution in [1.29, 1.82) is 0 Å². The van der Waals surface area contributed by atoms with Gasteiger partial charge in [0.25, 0.3) is 0 Å². The highest BCUT2D eigenvalue weighted by atomic mass is 16.5. The Morgan fingerprint density at radius 3 is 2.10 bits per heavy atom. The number of methoxy groups -OCH3 is 2. The Balaban J connectivity index is 1.73. The van der Waals surface area contributed by atoms with Gasteiger partial charge in [-0.1, -0.05) is 6.07 Å². The van der Waals surface area contributed by atoms with E-state index in [0.717, 1.165) is 0 Å². The molecule has 0 aromatic heterocycles. The van der Waals surface area contributed by atoms with Crippen molar-refractivity contribution in [1.82, 2.24) is 0 Å². The zero-order valence-corrected chi connectivity index (χ0v) is 16.5. The Morgan fingerprint density at radius 2 is 1.52 bits per heavy atom. The van der Waals surface area contributed by atoms with Crippen molar-refractivity contribution < 1.29 is 23.9 Å². The molecule has 8 heteroatoms. The van der Waals surface area contributed by atoms with Crippen LogP contribution in [0.4, 0.5) is 17.1 Å². The normalized spacial score (nSPS) is 13.8. The fourth-order valence-corrected chi connectivity index (χ4v) is 2.96. The number of carbonyl (C=O) groups is 3. The van der Waals surface area contributed by atoms with E-state index < -0.39 is 17.2 Å². The molecule has 0 atom stereocenters. The van der Waals surface area contributed by atoms with Crippen LogP contribution < -0.4 is 25.4 Å². The zero-order valence-electron chi connectivity index (χ0n) is 16.5. The van der Waals surface area contributed by atoms with Gasteiger partial charge in [-0.3, -0.25) is 14.4 Å². The van der Waals surface area contributed by atoms with Gasteiger partial charge in [-0.15, -0.1) is 0 Å². The van der Waals surface area contributed by atoms with Gasteiger partial charge in [-0.25, -0.2) is 0 Å². The van der Waals surface area contributed by atoms with Crippen LogP contribution in [-0.4, -0.2) is 31.9 Å². The number of hydrogen-bond acceptors (Lipinski definition) is 5. The van der Waals surface area contributed by atoms with E-state index >= 15 is 0 Å². The minimum Gasteiger partial charge on any atom is -0.497 e. The predicted molar refractivity (Wildman–Crippen MR) is 109 cm³/mol. The minimum atomic E-state index is -1.14. The molecular formula is C21H23N3O5. The summed E-state index contributed by atoms with van der Waals surface area (Å²) in [5.41, 5.74) is 0.353. The second kappa shape index (κ2) is 8.22. The predicted octanol–water partition coefficient (Wildman–Crippen LogP) is 3.02. The number of benzene rings is 2. The molecule has 0 aliphatic heterocycles. The highest BCUT2D eigenvalue weighted by molar-refractivity contribution is 6.17. The summed E-state index contributed by atoms with van der Waals surface area (Å²) in [5, 5.41) is 8.21. The summed E-state index contributed by atoms with van der Waals surface area (Å²) in [4.78, 5) is 36.9. The topological polar surface area (TPSA) is 106 Å². The first-order valence-electron chi connectivity index (χ1n) is 9.10. The number of ether oxygens (including phenoxy) is 2. The number of carbonyl (C=O) groups excluding carboxylic acids is 3. The third kappa shape index (κ3) is 4.48. The van der Waals surface area contributed by atoms with Gasteiger partial charge in [0.05, 0.1) is 19.9 Å². The van der Waals surface area contributed by atoms with Crippen molar-refractivity contribution in [3.8, 4) is 11.5 Å². The van der Waals surface area contributed by atoms with Gasteiger partial charge in [-0.2, -0.15) is 0 Å². The smallest absolute Gasteiger partial charge is 0.240 e. The van der Waals surface area contributed by atoms with Gasteiger partial charge < -0.3 is 25.4 Å². The maximum atomic E-state index is 12.9. The lowest BCUT2D eigenvalue weighted by molar-refractivity contribution is -0.131. The SMILES string of the molecule is COc1ccc(OC)c(NC(=O)C2(C(=O)Nc3cccc(NC(C)=O)c3)CC2)c1. The van der Waals surface area contributed by atoms with E-state index in [1.165, 1.54) is 21.1 Å². The third-order valence-corrected chi connectivity index (χ3v) is 4.71. The molecule has 1 fully saturated rings. The molecule has 0 spiro atoms. The Morgan fingerprint density at radius 1 is 0.862 bits per heavy atom. The van der Waals surface area contributed by atoms with Crippen molar-refractivity contribution >= 4 is 34.8 Å². The molecule has 1 aliphatic rings. The Kier molecular flexibility index (Phi) is 5.72. The van der Waals surface area contributed by atoms with E-state index in [1.54, 1.807) is 42.5 Å². The van der Waals surface area contributed by atoms with Crippen molar-refractivity contribution in [3.05, 3.63) is 42.5 Å². The van der Waals surface area contributed by atoms with E-state index in [0.29, 0.717) is 41.4 Å². The molecule has 2 aromatic rings. The van der Waals surface area contributed by atoms with E-state index in [9.17, 15) is 14.4 Å². The van der Waals surface area contributed by atoms with E-state index in [4.69, 9.17) is 9.47 Å². The van der Waals surface area contributed by atoms with Crippen LogP contribution >= 0.6 is 0 Å². The molecule has 29 heavy (non-hydrogen) atoms. The van der Waals surface area contributed by atoms with Crippen LogP contribution in [0.15, 0.2) is 42.5 Å².